The Bertz CT molecular complexity index is 1260. The minimum atomic E-state index is 0.0414. The van der Waals surface area contributed by atoms with E-state index in [1.165, 1.54) is 5.56 Å². The van der Waals surface area contributed by atoms with Crippen molar-refractivity contribution >= 4 is 36.6 Å². The largest absolute Gasteiger partial charge is 0.457 e. The number of nitrogens with two attached hydrogens (primary N) is 2. The second-order valence-electron chi connectivity index (χ2n) is 9.04. The monoisotopic (exact) mass is 562 g/mol. The van der Waals surface area contributed by atoms with Crippen molar-refractivity contribution in [1.29, 1.82) is 0 Å². The van der Waals surface area contributed by atoms with Crippen LogP contribution < -0.4 is 31.6 Å². The molecule has 0 aliphatic heterocycles. The van der Waals surface area contributed by atoms with Crippen LogP contribution >= 0.6 is 25.3 Å². The fraction of sp³-hybridized carbons (Fsp3) is 0.226. The summed E-state index contributed by atoms with van der Waals surface area (Å²) in [6, 6.07) is 33.5. The third-order valence-electron chi connectivity index (χ3n) is 5.48. The van der Waals surface area contributed by atoms with E-state index in [1.807, 2.05) is 110 Å². The number of thiol groups is 2. The number of hydrogen-bond donors (Lipinski definition) is 6. The molecule has 4 rings (SSSR count). The van der Waals surface area contributed by atoms with Gasteiger partial charge in [0.1, 0.15) is 23.0 Å². The van der Waals surface area contributed by atoms with Crippen LogP contribution in [0.1, 0.15) is 5.56 Å². The smallest absolute Gasteiger partial charge is 0.129 e. The van der Waals surface area contributed by atoms with Crippen molar-refractivity contribution in [2.24, 2.45) is 11.5 Å². The van der Waals surface area contributed by atoms with Gasteiger partial charge in [0.2, 0.25) is 0 Å². The Balaban J connectivity index is 0.000000216. The molecule has 8 heteroatoms. The van der Waals surface area contributed by atoms with E-state index in [4.69, 9.17) is 20.9 Å². The molecule has 0 saturated carbocycles. The van der Waals surface area contributed by atoms with E-state index in [-0.39, 0.29) is 12.1 Å². The normalized spacial score (nSPS) is 11.9. The van der Waals surface area contributed by atoms with Gasteiger partial charge in [-0.15, -0.1) is 0 Å². The summed E-state index contributed by atoms with van der Waals surface area (Å²) in [4.78, 5) is 0. The molecule has 0 aliphatic rings. The van der Waals surface area contributed by atoms with Crippen LogP contribution in [0.2, 0.25) is 0 Å². The van der Waals surface area contributed by atoms with Gasteiger partial charge >= 0.3 is 0 Å². The minimum absolute atomic E-state index is 0.0414. The first kappa shape index (κ1) is 30.2. The molecule has 39 heavy (non-hydrogen) atoms. The molecular formula is C31H38N4O2S2. The number of rotatable bonds is 12. The van der Waals surface area contributed by atoms with E-state index >= 15 is 0 Å². The first-order valence-corrected chi connectivity index (χ1v) is 14.1. The Kier molecular flexibility index (Phi) is 12.9. The highest BCUT2D eigenvalue weighted by molar-refractivity contribution is 7.80. The lowest BCUT2D eigenvalue weighted by molar-refractivity contribution is 0.482. The van der Waals surface area contributed by atoms with Crippen LogP contribution in [0.4, 0.5) is 11.4 Å². The summed E-state index contributed by atoms with van der Waals surface area (Å²) in [5, 5.41) is 6.55. The Morgan fingerprint density at radius 1 is 0.590 bits per heavy atom. The summed E-state index contributed by atoms with van der Waals surface area (Å²) in [6.07, 6.45) is 0. The van der Waals surface area contributed by atoms with Gasteiger partial charge in [-0.3, -0.25) is 0 Å². The van der Waals surface area contributed by atoms with Gasteiger partial charge in [0.25, 0.3) is 0 Å². The van der Waals surface area contributed by atoms with Crippen LogP contribution in [-0.4, -0.2) is 36.7 Å². The first-order valence-electron chi connectivity index (χ1n) is 12.8. The molecule has 0 saturated heterocycles. The molecule has 2 atom stereocenters. The Hall–Kier alpha value is -3.30. The molecule has 6 nitrogen and oxygen atoms in total. The first-order chi connectivity index (χ1) is 18.9. The van der Waals surface area contributed by atoms with Gasteiger partial charge in [0.05, 0.1) is 0 Å². The zero-order chi connectivity index (χ0) is 27.9. The van der Waals surface area contributed by atoms with Crippen molar-refractivity contribution in [1.82, 2.24) is 0 Å². The van der Waals surface area contributed by atoms with Crippen molar-refractivity contribution in [3.8, 4) is 23.0 Å². The molecule has 0 amide bonds. The second-order valence-corrected chi connectivity index (χ2v) is 9.77. The van der Waals surface area contributed by atoms with Gasteiger partial charge in [0, 0.05) is 60.2 Å². The van der Waals surface area contributed by atoms with Crippen LogP contribution in [0.15, 0.2) is 103 Å². The lowest BCUT2D eigenvalue weighted by Crippen LogP contribution is -2.30. The molecule has 0 heterocycles. The topological polar surface area (TPSA) is 94.6 Å². The molecular weight excluding hydrogens is 525 g/mol. The van der Waals surface area contributed by atoms with Crippen molar-refractivity contribution in [3.63, 3.8) is 0 Å². The SMILES string of the molecule is Cc1cccc(Oc2cccc(NC[C@@H](N)CS)c2)c1.N[C@@H](CS)CNc1cccc(Oc2ccccc2)c1. The van der Waals surface area contributed by atoms with E-state index in [2.05, 4.69) is 35.9 Å². The van der Waals surface area contributed by atoms with Gasteiger partial charge in [-0.05, 0) is 61.0 Å². The van der Waals surface area contributed by atoms with Crippen molar-refractivity contribution < 1.29 is 9.47 Å². The zero-order valence-corrected chi connectivity index (χ0v) is 24.0. The maximum absolute atomic E-state index is 5.85. The minimum Gasteiger partial charge on any atom is -0.457 e. The number of ether oxygens (including phenoxy) is 2. The number of aryl methyl sites for hydroxylation is 1. The average Bonchev–Trinajstić information content (AvgIpc) is 2.96. The maximum Gasteiger partial charge on any atom is 0.129 e. The highest BCUT2D eigenvalue weighted by atomic mass is 32.1. The van der Waals surface area contributed by atoms with Crippen LogP contribution in [-0.2, 0) is 0 Å². The summed E-state index contributed by atoms with van der Waals surface area (Å²) in [5.74, 6) is 4.59. The Morgan fingerprint density at radius 2 is 1.03 bits per heavy atom. The summed E-state index contributed by atoms with van der Waals surface area (Å²) < 4.78 is 11.6. The van der Waals surface area contributed by atoms with Crippen molar-refractivity contribution in [2.45, 2.75) is 19.0 Å². The number of hydrogen-bond acceptors (Lipinski definition) is 8. The van der Waals surface area contributed by atoms with Gasteiger partial charge in [0.15, 0.2) is 0 Å². The predicted octanol–water partition coefficient (Wildman–Crippen LogP) is 6.60. The average molecular weight is 563 g/mol. The van der Waals surface area contributed by atoms with Crippen molar-refractivity contribution in [3.05, 3.63) is 109 Å². The standard InChI is InChI=1S/C16H20N2OS.C15H18N2OS/c1-12-4-2-6-15(8-12)19-16-7-3-5-14(9-16)18-10-13(17)11-20;16-12(11-19)10-17-13-5-4-8-15(9-13)18-14-6-2-1-3-7-14/h2-9,13,18,20H,10-11,17H2,1H3;1-9,12,17,19H,10-11,16H2/t13-;12-/m11/s1. The van der Waals surface area contributed by atoms with Crippen molar-refractivity contribution in [2.75, 3.05) is 35.2 Å². The molecule has 0 unspecified atom stereocenters. The van der Waals surface area contributed by atoms with Crippen LogP contribution in [0.5, 0.6) is 23.0 Å². The third-order valence-corrected chi connectivity index (χ3v) is 6.42. The highest BCUT2D eigenvalue weighted by Crippen LogP contribution is 2.25. The number of anilines is 2. The van der Waals surface area contributed by atoms with Gasteiger partial charge in [-0.25, -0.2) is 0 Å². The van der Waals surface area contributed by atoms with Gasteiger partial charge in [-0.1, -0.05) is 42.5 Å². The molecule has 0 radical (unpaired) electrons. The lowest BCUT2D eigenvalue weighted by atomic mass is 10.2. The van der Waals surface area contributed by atoms with Crippen LogP contribution in [0, 0.1) is 6.92 Å². The highest BCUT2D eigenvalue weighted by Gasteiger charge is 2.03. The van der Waals surface area contributed by atoms with Crippen LogP contribution in [0.25, 0.3) is 0 Å². The number of nitrogens with one attached hydrogen (secondary N) is 2. The second kappa shape index (κ2) is 16.6. The predicted molar refractivity (Wildman–Crippen MR) is 171 cm³/mol. The molecule has 4 aromatic carbocycles. The lowest BCUT2D eigenvalue weighted by Gasteiger charge is -2.12. The molecule has 4 aromatic rings. The quantitative estimate of drug-likeness (QED) is 0.109. The van der Waals surface area contributed by atoms with E-state index in [0.29, 0.717) is 24.6 Å². The van der Waals surface area contributed by atoms with Gasteiger partial charge < -0.3 is 31.6 Å². The molecule has 6 N–H and O–H groups in total. The van der Waals surface area contributed by atoms with E-state index < -0.39 is 0 Å². The Morgan fingerprint density at radius 3 is 1.51 bits per heavy atom. The fourth-order valence-electron chi connectivity index (χ4n) is 3.41. The summed E-state index contributed by atoms with van der Waals surface area (Å²) in [7, 11) is 0. The van der Waals surface area contributed by atoms with E-state index in [1.54, 1.807) is 0 Å². The molecule has 0 spiro atoms. The molecule has 0 bridgehead atoms. The summed E-state index contributed by atoms with van der Waals surface area (Å²) in [6.45, 7) is 3.43. The van der Waals surface area contributed by atoms with E-state index in [0.717, 1.165) is 34.4 Å². The number of para-hydroxylation sites is 1. The Labute approximate surface area is 242 Å². The molecule has 0 aliphatic carbocycles. The number of benzene rings is 4. The van der Waals surface area contributed by atoms with E-state index in [9.17, 15) is 0 Å². The summed E-state index contributed by atoms with van der Waals surface area (Å²) >= 11 is 8.33. The third kappa shape index (κ3) is 11.5. The van der Waals surface area contributed by atoms with Gasteiger partial charge in [-0.2, -0.15) is 25.3 Å². The molecule has 0 aromatic heterocycles. The summed E-state index contributed by atoms with van der Waals surface area (Å²) in [5.41, 5.74) is 14.8. The molecule has 0 fully saturated rings. The fourth-order valence-corrected chi connectivity index (χ4v) is 3.66. The maximum atomic E-state index is 5.85. The zero-order valence-electron chi connectivity index (χ0n) is 22.2. The van der Waals surface area contributed by atoms with Crippen LogP contribution in [0.3, 0.4) is 0 Å². The molecule has 206 valence electrons.